The Labute approximate surface area is 196 Å². The van der Waals surface area contributed by atoms with Crippen molar-refractivity contribution in [2.24, 2.45) is 4.99 Å². The predicted octanol–water partition coefficient (Wildman–Crippen LogP) is 2.08. The van der Waals surface area contributed by atoms with Crippen LogP contribution in [0.15, 0.2) is 41.4 Å². The molecule has 4 rings (SSSR count). The molecule has 30 heavy (non-hydrogen) atoms. The first kappa shape index (κ1) is 22.9. The summed E-state index contributed by atoms with van der Waals surface area (Å²) in [6.45, 7) is 6.45. The van der Waals surface area contributed by atoms with Crippen molar-refractivity contribution >= 4 is 41.5 Å². The molecule has 1 aromatic carbocycles. The Morgan fingerprint density at radius 1 is 1.10 bits per heavy atom. The van der Waals surface area contributed by atoms with E-state index in [0.717, 1.165) is 64.6 Å². The maximum Gasteiger partial charge on any atom is 0.251 e. The van der Waals surface area contributed by atoms with Gasteiger partial charge in [0.15, 0.2) is 5.96 Å². The van der Waals surface area contributed by atoms with Crippen LogP contribution in [0, 0.1) is 0 Å². The van der Waals surface area contributed by atoms with Crippen LogP contribution in [0.25, 0.3) is 0 Å². The van der Waals surface area contributed by atoms with Crippen LogP contribution in [0.5, 0.6) is 0 Å². The number of amides is 1. The fourth-order valence-corrected chi connectivity index (χ4v) is 4.14. The first-order valence-corrected chi connectivity index (χ1v) is 10.6. The van der Waals surface area contributed by atoms with Crippen LogP contribution in [0.4, 0.5) is 5.69 Å². The van der Waals surface area contributed by atoms with Crippen molar-refractivity contribution in [1.29, 1.82) is 0 Å². The molecule has 0 bridgehead atoms. The molecule has 3 aliphatic heterocycles. The largest absolute Gasteiger partial charge is 0.368 e. The molecule has 164 valence electrons. The molecule has 2 saturated heterocycles. The quantitative estimate of drug-likeness (QED) is 0.283. The molecule has 2 fully saturated rings. The van der Waals surface area contributed by atoms with Crippen LogP contribution in [-0.2, 0) is 16.1 Å². The zero-order valence-electron chi connectivity index (χ0n) is 17.6. The number of carbonyl (C=O) groups is 1. The molecule has 0 saturated carbocycles. The minimum atomic E-state index is -0.224. The molecule has 7 nitrogen and oxygen atoms in total. The highest BCUT2D eigenvalue weighted by Gasteiger charge is 2.30. The summed E-state index contributed by atoms with van der Waals surface area (Å²) < 4.78 is 5.54. The van der Waals surface area contributed by atoms with E-state index in [4.69, 9.17) is 4.74 Å². The van der Waals surface area contributed by atoms with Gasteiger partial charge >= 0.3 is 0 Å². The standard InChI is InChI=1S/C22H31N5O2.HI/c1-23-22(24-17-18-6-8-19(9-7-18)25-10-2-3-11-25)27-14-12-26(13-15-27)21(28)20-5-4-16-29-20;/h2-3,6-9,20H,4-5,10-17H2,1H3,(H,23,24);1H. The van der Waals surface area contributed by atoms with E-state index in [9.17, 15) is 4.79 Å². The molecule has 1 aromatic rings. The third-order valence-corrected chi connectivity index (χ3v) is 5.88. The van der Waals surface area contributed by atoms with Gasteiger partial charge in [0.1, 0.15) is 6.10 Å². The van der Waals surface area contributed by atoms with E-state index < -0.39 is 0 Å². The predicted molar refractivity (Wildman–Crippen MR) is 131 cm³/mol. The molecule has 0 aromatic heterocycles. The number of hydrogen-bond acceptors (Lipinski definition) is 4. The second kappa shape index (κ2) is 11.0. The first-order valence-electron chi connectivity index (χ1n) is 10.6. The molecule has 8 heteroatoms. The molecular weight excluding hydrogens is 493 g/mol. The van der Waals surface area contributed by atoms with Gasteiger partial charge in [-0.05, 0) is 30.5 Å². The number of rotatable bonds is 4. The van der Waals surface area contributed by atoms with Crippen LogP contribution in [0.1, 0.15) is 18.4 Å². The van der Waals surface area contributed by atoms with E-state index in [0.29, 0.717) is 6.61 Å². The average Bonchev–Trinajstić information content (AvgIpc) is 3.49. The Morgan fingerprint density at radius 2 is 1.77 bits per heavy atom. The van der Waals surface area contributed by atoms with E-state index in [1.165, 1.54) is 11.3 Å². The zero-order valence-corrected chi connectivity index (χ0v) is 20.0. The summed E-state index contributed by atoms with van der Waals surface area (Å²) in [6.07, 6.45) is 6.03. The van der Waals surface area contributed by atoms with Crippen molar-refractivity contribution < 1.29 is 9.53 Å². The highest BCUT2D eigenvalue weighted by molar-refractivity contribution is 14.0. The minimum absolute atomic E-state index is 0. The van der Waals surface area contributed by atoms with Gasteiger partial charge in [0.25, 0.3) is 5.91 Å². The Morgan fingerprint density at radius 3 is 2.37 bits per heavy atom. The normalized spacial score (nSPS) is 21.7. The van der Waals surface area contributed by atoms with E-state index in [1.807, 2.05) is 11.9 Å². The van der Waals surface area contributed by atoms with E-state index in [2.05, 4.69) is 56.5 Å². The maximum absolute atomic E-state index is 12.5. The lowest BCUT2D eigenvalue weighted by molar-refractivity contribution is -0.142. The van der Waals surface area contributed by atoms with Gasteiger partial charge in [0.2, 0.25) is 0 Å². The Balaban J connectivity index is 0.00000256. The lowest BCUT2D eigenvalue weighted by Gasteiger charge is -2.37. The van der Waals surface area contributed by atoms with Gasteiger partial charge in [-0.15, -0.1) is 24.0 Å². The summed E-state index contributed by atoms with van der Waals surface area (Å²) >= 11 is 0. The van der Waals surface area contributed by atoms with Crippen molar-refractivity contribution in [3.8, 4) is 0 Å². The first-order chi connectivity index (χ1) is 14.2. The lowest BCUT2D eigenvalue weighted by Crippen LogP contribution is -2.55. The maximum atomic E-state index is 12.5. The highest BCUT2D eigenvalue weighted by Crippen LogP contribution is 2.18. The van der Waals surface area contributed by atoms with Gasteiger partial charge in [-0.1, -0.05) is 24.3 Å². The Hall–Kier alpha value is -1.81. The van der Waals surface area contributed by atoms with E-state index in [-0.39, 0.29) is 36.0 Å². The third kappa shape index (κ3) is 5.46. The van der Waals surface area contributed by atoms with Gasteiger partial charge in [-0.2, -0.15) is 0 Å². The van der Waals surface area contributed by atoms with Gasteiger partial charge in [-0.3, -0.25) is 9.79 Å². The number of hydrogen-bond donors (Lipinski definition) is 1. The molecule has 1 unspecified atom stereocenters. The number of nitrogens with zero attached hydrogens (tertiary/aromatic N) is 4. The number of piperazine rings is 1. The fraction of sp³-hybridized carbons (Fsp3) is 0.545. The molecule has 1 N–H and O–H groups in total. The number of halogens is 1. The van der Waals surface area contributed by atoms with Crippen LogP contribution in [0.2, 0.25) is 0 Å². The molecule has 0 spiro atoms. The summed E-state index contributed by atoms with van der Waals surface area (Å²) in [6, 6.07) is 8.71. The topological polar surface area (TPSA) is 60.4 Å². The minimum Gasteiger partial charge on any atom is -0.368 e. The molecule has 0 aliphatic carbocycles. The lowest BCUT2D eigenvalue weighted by atomic mass is 10.2. The Kier molecular flexibility index (Phi) is 8.38. The van der Waals surface area contributed by atoms with Crippen molar-refractivity contribution in [2.45, 2.75) is 25.5 Å². The molecule has 1 atom stereocenters. The van der Waals surface area contributed by atoms with Crippen LogP contribution < -0.4 is 10.2 Å². The van der Waals surface area contributed by atoms with Crippen molar-refractivity contribution in [2.75, 3.05) is 57.8 Å². The van der Waals surface area contributed by atoms with Crippen molar-refractivity contribution in [3.05, 3.63) is 42.0 Å². The average molecular weight is 525 g/mol. The van der Waals surface area contributed by atoms with Gasteiger partial charge in [-0.25, -0.2) is 0 Å². The van der Waals surface area contributed by atoms with E-state index >= 15 is 0 Å². The second-order valence-electron chi connectivity index (χ2n) is 7.76. The second-order valence-corrected chi connectivity index (χ2v) is 7.76. The summed E-state index contributed by atoms with van der Waals surface area (Å²) in [5, 5.41) is 3.47. The van der Waals surface area contributed by atoms with Gasteiger partial charge in [0, 0.05) is 65.2 Å². The summed E-state index contributed by atoms with van der Waals surface area (Å²) in [5.41, 5.74) is 2.49. The number of carbonyl (C=O) groups excluding carboxylic acids is 1. The SMILES string of the molecule is CN=C(NCc1ccc(N2CC=CC2)cc1)N1CCN(C(=O)C2CCCO2)CC1.I. The monoisotopic (exact) mass is 525 g/mol. The van der Waals surface area contributed by atoms with Crippen molar-refractivity contribution in [1.82, 2.24) is 15.1 Å². The molecule has 0 radical (unpaired) electrons. The van der Waals surface area contributed by atoms with E-state index in [1.54, 1.807) is 0 Å². The van der Waals surface area contributed by atoms with Crippen LogP contribution in [-0.4, -0.2) is 80.7 Å². The fourth-order valence-electron chi connectivity index (χ4n) is 4.14. The summed E-state index contributed by atoms with van der Waals surface area (Å²) in [5.74, 6) is 1.04. The van der Waals surface area contributed by atoms with Gasteiger partial charge < -0.3 is 24.8 Å². The van der Waals surface area contributed by atoms with Crippen LogP contribution >= 0.6 is 24.0 Å². The third-order valence-electron chi connectivity index (χ3n) is 5.88. The number of benzene rings is 1. The molecule has 1 amide bonds. The number of nitrogens with one attached hydrogen (secondary N) is 1. The number of anilines is 1. The molecular formula is C22H32IN5O2. The number of aliphatic imine (C=N–C) groups is 1. The smallest absolute Gasteiger partial charge is 0.251 e. The number of guanidine groups is 1. The molecule has 3 aliphatic rings. The Bertz CT molecular complexity index is 745. The summed E-state index contributed by atoms with van der Waals surface area (Å²) in [7, 11) is 1.82. The summed E-state index contributed by atoms with van der Waals surface area (Å²) in [4.78, 5) is 23.5. The van der Waals surface area contributed by atoms with Gasteiger partial charge in [0.05, 0.1) is 0 Å². The number of ether oxygens (including phenoxy) is 1. The van der Waals surface area contributed by atoms with Crippen LogP contribution in [0.3, 0.4) is 0 Å². The highest BCUT2D eigenvalue weighted by atomic mass is 127. The van der Waals surface area contributed by atoms with Crippen molar-refractivity contribution in [3.63, 3.8) is 0 Å². The zero-order chi connectivity index (χ0) is 20.1. The molecule has 3 heterocycles.